The zero-order valence-corrected chi connectivity index (χ0v) is 18.3. The summed E-state index contributed by atoms with van der Waals surface area (Å²) in [5, 5.41) is 2.45. The molecule has 2 N–H and O–H groups in total. The Morgan fingerprint density at radius 1 is 0.944 bits per heavy atom. The number of halogens is 4. The van der Waals surface area contributed by atoms with Gasteiger partial charge in [-0.2, -0.15) is 0 Å². The molecule has 0 aliphatic carbocycles. The minimum atomic E-state index is -4.82. The van der Waals surface area contributed by atoms with Crippen molar-refractivity contribution in [1.29, 1.82) is 0 Å². The lowest BCUT2D eigenvalue weighted by atomic mass is 10.0. The van der Waals surface area contributed by atoms with Crippen LogP contribution in [0.15, 0.2) is 88.6 Å². The van der Waals surface area contributed by atoms with E-state index in [2.05, 4.69) is 15.0 Å². The first-order chi connectivity index (χ1) is 17.1. The Labute approximate surface area is 200 Å². The van der Waals surface area contributed by atoms with Crippen LogP contribution in [0.2, 0.25) is 0 Å². The van der Waals surface area contributed by atoms with Crippen molar-refractivity contribution in [2.24, 2.45) is 0 Å². The van der Waals surface area contributed by atoms with E-state index in [1.165, 1.54) is 36.5 Å². The first kappa shape index (κ1) is 24.5. The van der Waals surface area contributed by atoms with Crippen molar-refractivity contribution in [1.82, 2.24) is 9.55 Å². The number of nitrogens with zero attached hydrogens (tertiary/aromatic N) is 1. The van der Waals surface area contributed by atoms with Gasteiger partial charge in [0.15, 0.2) is 0 Å². The molecule has 0 saturated heterocycles. The fourth-order valence-corrected chi connectivity index (χ4v) is 3.49. The van der Waals surface area contributed by atoms with E-state index < -0.39 is 29.3 Å². The highest BCUT2D eigenvalue weighted by atomic mass is 19.4. The standard InChI is InChI=1S/C25H17F4N3O4/c26-20-14-18(32-10-9-22(33)31-24(32)35)7-8-21(20)30-23(34)12-15-3-1-4-16(11-15)17-5-2-6-19(13-17)36-25(27,28)29/h1-11,13-14H,12H2,(H,30,34)(H,31,33,35). The van der Waals surface area contributed by atoms with Crippen LogP contribution in [0.4, 0.5) is 23.2 Å². The second-order valence-electron chi connectivity index (χ2n) is 7.65. The monoisotopic (exact) mass is 499 g/mol. The Hall–Kier alpha value is -4.67. The van der Waals surface area contributed by atoms with Crippen LogP contribution in [0, 0.1) is 5.82 Å². The number of alkyl halides is 3. The Balaban J connectivity index is 1.47. The third-order valence-electron chi connectivity index (χ3n) is 5.02. The molecule has 1 aromatic heterocycles. The van der Waals surface area contributed by atoms with Crippen LogP contribution >= 0.6 is 0 Å². The first-order valence-electron chi connectivity index (χ1n) is 10.4. The number of carbonyl (C=O) groups is 1. The molecule has 0 radical (unpaired) electrons. The average molecular weight is 499 g/mol. The molecule has 11 heteroatoms. The van der Waals surface area contributed by atoms with Crippen LogP contribution in [0.3, 0.4) is 0 Å². The zero-order chi connectivity index (χ0) is 25.9. The topological polar surface area (TPSA) is 93.2 Å². The van der Waals surface area contributed by atoms with Crippen LogP contribution in [0.25, 0.3) is 16.8 Å². The number of hydrogen-bond donors (Lipinski definition) is 2. The number of amides is 1. The van der Waals surface area contributed by atoms with E-state index >= 15 is 0 Å². The number of hydrogen-bond acceptors (Lipinski definition) is 4. The van der Waals surface area contributed by atoms with Crippen LogP contribution in [0.5, 0.6) is 5.75 Å². The highest BCUT2D eigenvalue weighted by Crippen LogP contribution is 2.28. The number of aromatic nitrogens is 2. The molecule has 4 aromatic rings. The van der Waals surface area contributed by atoms with Gasteiger partial charge in [-0.3, -0.25) is 19.1 Å². The lowest BCUT2D eigenvalue weighted by Gasteiger charge is -2.11. The van der Waals surface area contributed by atoms with E-state index in [4.69, 9.17) is 0 Å². The Kier molecular flexibility index (Phi) is 6.73. The normalized spacial score (nSPS) is 11.2. The third kappa shape index (κ3) is 6.06. The number of carbonyl (C=O) groups excluding carboxylic acids is 1. The molecule has 36 heavy (non-hydrogen) atoms. The third-order valence-corrected chi connectivity index (χ3v) is 5.02. The van der Waals surface area contributed by atoms with Crippen LogP contribution in [0.1, 0.15) is 5.56 Å². The summed E-state index contributed by atoms with van der Waals surface area (Å²) < 4.78 is 57.1. The maximum atomic E-state index is 14.6. The predicted molar refractivity (Wildman–Crippen MR) is 124 cm³/mol. The fraction of sp³-hybridized carbons (Fsp3) is 0.0800. The Morgan fingerprint density at radius 3 is 2.36 bits per heavy atom. The van der Waals surface area contributed by atoms with E-state index in [-0.39, 0.29) is 23.5 Å². The number of H-pyrrole nitrogens is 1. The van der Waals surface area contributed by atoms with Gasteiger partial charge >= 0.3 is 12.1 Å². The largest absolute Gasteiger partial charge is 0.573 e. The number of ether oxygens (including phenoxy) is 1. The Bertz CT molecular complexity index is 1540. The summed E-state index contributed by atoms with van der Waals surface area (Å²) in [6.07, 6.45) is -3.75. The molecular weight excluding hydrogens is 482 g/mol. The van der Waals surface area contributed by atoms with Crippen molar-refractivity contribution >= 4 is 11.6 Å². The van der Waals surface area contributed by atoms with Gasteiger partial charge in [0.05, 0.1) is 17.8 Å². The Morgan fingerprint density at radius 2 is 1.67 bits per heavy atom. The average Bonchev–Trinajstić information content (AvgIpc) is 2.80. The zero-order valence-electron chi connectivity index (χ0n) is 18.3. The maximum absolute atomic E-state index is 14.6. The van der Waals surface area contributed by atoms with E-state index in [0.29, 0.717) is 16.7 Å². The molecule has 4 rings (SSSR count). The minimum Gasteiger partial charge on any atom is -0.406 e. The van der Waals surface area contributed by atoms with Crippen LogP contribution in [-0.4, -0.2) is 21.8 Å². The van der Waals surface area contributed by atoms with E-state index in [1.54, 1.807) is 30.3 Å². The van der Waals surface area contributed by atoms with Gasteiger partial charge in [0.1, 0.15) is 11.6 Å². The quantitative estimate of drug-likeness (QED) is 0.385. The van der Waals surface area contributed by atoms with Crippen molar-refractivity contribution in [2.75, 3.05) is 5.32 Å². The van der Waals surface area contributed by atoms with Gasteiger partial charge in [0.25, 0.3) is 5.56 Å². The van der Waals surface area contributed by atoms with E-state index in [1.807, 2.05) is 0 Å². The van der Waals surface area contributed by atoms with Crippen LogP contribution < -0.4 is 21.3 Å². The van der Waals surface area contributed by atoms with Crippen molar-refractivity contribution in [3.8, 4) is 22.6 Å². The molecule has 0 bridgehead atoms. The number of anilines is 1. The molecule has 0 unspecified atom stereocenters. The van der Waals surface area contributed by atoms with Gasteiger partial charge in [-0.05, 0) is 41.0 Å². The molecule has 1 heterocycles. The lowest BCUT2D eigenvalue weighted by molar-refractivity contribution is -0.274. The van der Waals surface area contributed by atoms with Crippen molar-refractivity contribution in [2.45, 2.75) is 12.8 Å². The summed E-state index contributed by atoms with van der Waals surface area (Å²) in [7, 11) is 0. The summed E-state index contributed by atoms with van der Waals surface area (Å²) >= 11 is 0. The molecule has 1 amide bonds. The fourth-order valence-electron chi connectivity index (χ4n) is 3.49. The number of aromatic amines is 1. The van der Waals surface area contributed by atoms with Gasteiger partial charge in [-0.25, -0.2) is 9.18 Å². The molecule has 184 valence electrons. The van der Waals surface area contributed by atoms with Gasteiger partial charge < -0.3 is 10.1 Å². The second-order valence-corrected chi connectivity index (χ2v) is 7.65. The van der Waals surface area contributed by atoms with Gasteiger partial charge in [-0.15, -0.1) is 13.2 Å². The maximum Gasteiger partial charge on any atom is 0.573 e. The summed E-state index contributed by atoms with van der Waals surface area (Å²) in [5.41, 5.74) is 0.267. The highest BCUT2D eigenvalue weighted by molar-refractivity contribution is 5.92. The summed E-state index contributed by atoms with van der Waals surface area (Å²) in [5.74, 6) is -1.70. The molecule has 0 spiro atoms. The highest BCUT2D eigenvalue weighted by Gasteiger charge is 2.31. The number of nitrogens with one attached hydrogen (secondary N) is 2. The summed E-state index contributed by atoms with van der Waals surface area (Å²) in [6, 6.07) is 16.9. The molecular formula is C25H17F4N3O4. The molecule has 3 aromatic carbocycles. The van der Waals surface area contributed by atoms with E-state index in [0.717, 1.165) is 16.7 Å². The first-order valence-corrected chi connectivity index (χ1v) is 10.4. The summed E-state index contributed by atoms with van der Waals surface area (Å²) in [6.45, 7) is 0. The molecule has 7 nitrogen and oxygen atoms in total. The minimum absolute atomic E-state index is 0.116. The smallest absolute Gasteiger partial charge is 0.406 e. The lowest BCUT2D eigenvalue weighted by Crippen LogP contribution is -2.27. The van der Waals surface area contributed by atoms with E-state index in [9.17, 15) is 31.9 Å². The van der Waals surface area contributed by atoms with Crippen molar-refractivity contribution in [3.05, 3.63) is 111 Å². The van der Waals surface area contributed by atoms with Crippen molar-refractivity contribution in [3.63, 3.8) is 0 Å². The number of rotatable bonds is 6. The molecule has 0 saturated carbocycles. The number of benzene rings is 3. The summed E-state index contributed by atoms with van der Waals surface area (Å²) in [4.78, 5) is 37.7. The SMILES string of the molecule is O=C(Cc1cccc(-c2cccc(OC(F)(F)F)c2)c1)Nc1ccc(-n2ccc(=O)[nH]c2=O)cc1F. The van der Waals surface area contributed by atoms with Crippen molar-refractivity contribution < 1.29 is 27.1 Å². The predicted octanol–water partition coefficient (Wildman–Crippen LogP) is 4.41. The van der Waals surface area contributed by atoms with Gasteiger partial charge in [-0.1, -0.05) is 36.4 Å². The molecule has 0 aliphatic rings. The van der Waals surface area contributed by atoms with Crippen LogP contribution in [-0.2, 0) is 11.2 Å². The molecule has 0 aliphatic heterocycles. The van der Waals surface area contributed by atoms with Gasteiger partial charge in [0.2, 0.25) is 5.91 Å². The second kappa shape index (κ2) is 9.90. The van der Waals surface area contributed by atoms with Gasteiger partial charge in [0, 0.05) is 18.3 Å². The molecule has 0 atom stereocenters. The molecule has 0 fully saturated rings.